The lowest BCUT2D eigenvalue weighted by Crippen LogP contribution is -2.46. The lowest BCUT2D eigenvalue weighted by Gasteiger charge is -2.30. The second kappa shape index (κ2) is 5.74. The predicted molar refractivity (Wildman–Crippen MR) is 81.0 cm³/mol. The van der Waals surface area contributed by atoms with E-state index in [1.54, 1.807) is 0 Å². The van der Waals surface area contributed by atoms with E-state index in [1.165, 1.54) is 12.0 Å². The zero-order valence-electron chi connectivity index (χ0n) is 11.8. The van der Waals surface area contributed by atoms with E-state index >= 15 is 0 Å². The number of hydrogen-bond donors (Lipinski definition) is 1. The van der Waals surface area contributed by atoms with Crippen LogP contribution < -0.4 is 5.32 Å². The number of likely N-dealkylation sites (N-methyl/N-ethyl adjacent to an activating group) is 1. The van der Waals surface area contributed by atoms with Crippen molar-refractivity contribution in [3.05, 3.63) is 34.9 Å². The molecule has 1 N–H and O–H groups in total. The van der Waals surface area contributed by atoms with Crippen LogP contribution in [0.2, 0.25) is 5.02 Å². The lowest BCUT2D eigenvalue weighted by atomic mass is 10.1. The molecular weight excluding hydrogens is 272 g/mol. The van der Waals surface area contributed by atoms with E-state index < -0.39 is 0 Å². The third-order valence-electron chi connectivity index (χ3n) is 4.40. The summed E-state index contributed by atoms with van der Waals surface area (Å²) < 4.78 is 0. The number of rotatable bonds is 3. The fraction of sp³-hybridized carbons (Fsp3) is 0.562. The summed E-state index contributed by atoms with van der Waals surface area (Å²) in [5.41, 5.74) is 1.23. The van der Waals surface area contributed by atoms with Gasteiger partial charge in [0.05, 0.1) is 0 Å². The molecule has 2 aliphatic rings. The number of likely N-dealkylation sites (tertiary alicyclic amines) is 1. The van der Waals surface area contributed by atoms with Crippen LogP contribution in [0.4, 0.5) is 0 Å². The zero-order chi connectivity index (χ0) is 14.1. The van der Waals surface area contributed by atoms with Gasteiger partial charge in [-0.25, -0.2) is 0 Å². The summed E-state index contributed by atoms with van der Waals surface area (Å²) in [6, 6.07) is 8.21. The molecule has 0 bridgehead atoms. The van der Waals surface area contributed by atoms with Crippen molar-refractivity contribution >= 4 is 17.5 Å². The van der Waals surface area contributed by atoms with E-state index in [1.807, 2.05) is 24.3 Å². The molecule has 3 rings (SSSR count). The number of carbonyl (C=O) groups excluding carboxylic acids is 1. The largest absolute Gasteiger partial charge is 0.352 e. The Labute approximate surface area is 125 Å². The van der Waals surface area contributed by atoms with E-state index in [4.69, 9.17) is 11.6 Å². The first kappa shape index (κ1) is 13.9. The molecule has 1 saturated heterocycles. The number of halogens is 1. The van der Waals surface area contributed by atoms with Gasteiger partial charge in [0.15, 0.2) is 0 Å². The fourth-order valence-corrected chi connectivity index (χ4v) is 3.28. The molecule has 20 heavy (non-hydrogen) atoms. The van der Waals surface area contributed by atoms with Crippen LogP contribution in [0.1, 0.15) is 30.7 Å². The summed E-state index contributed by atoms with van der Waals surface area (Å²) in [6.07, 6.45) is 3.25. The van der Waals surface area contributed by atoms with Crippen LogP contribution in [0.3, 0.4) is 0 Å². The average Bonchev–Trinajstić information content (AvgIpc) is 3.20. The average molecular weight is 293 g/mol. The summed E-state index contributed by atoms with van der Waals surface area (Å²) in [5, 5.41) is 3.97. The van der Waals surface area contributed by atoms with Crippen molar-refractivity contribution < 1.29 is 4.79 Å². The molecule has 2 fully saturated rings. The third-order valence-corrected chi connectivity index (χ3v) is 4.65. The van der Waals surface area contributed by atoms with Gasteiger partial charge in [0, 0.05) is 23.5 Å². The van der Waals surface area contributed by atoms with Crippen LogP contribution in [-0.4, -0.2) is 37.0 Å². The molecule has 3 atom stereocenters. The standard InChI is InChI=1S/C16H21ClN2O/c1-19-8-2-3-13(10-19)18-16(20)15-9-14(15)11-4-6-12(17)7-5-11/h4-7,13-15H,2-3,8-10H2,1H3,(H,18,20)/t13-,14-,15-/m0/s1. The van der Waals surface area contributed by atoms with Crippen molar-refractivity contribution in [2.24, 2.45) is 5.92 Å². The quantitative estimate of drug-likeness (QED) is 0.929. The first-order valence-corrected chi connectivity index (χ1v) is 7.75. The molecule has 1 aromatic rings. The van der Waals surface area contributed by atoms with Crippen LogP contribution in [0.15, 0.2) is 24.3 Å². The summed E-state index contributed by atoms with van der Waals surface area (Å²) in [7, 11) is 2.12. The molecule has 1 aliphatic carbocycles. The second-order valence-corrected chi connectivity index (χ2v) is 6.55. The normalized spacial score (nSPS) is 30.0. The predicted octanol–water partition coefficient (Wildman–Crippen LogP) is 2.65. The van der Waals surface area contributed by atoms with Crippen molar-refractivity contribution in [2.45, 2.75) is 31.2 Å². The minimum atomic E-state index is 0.156. The Kier molecular flexibility index (Phi) is 3.99. The number of nitrogens with one attached hydrogen (secondary N) is 1. The Hall–Kier alpha value is -1.06. The van der Waals surface area contributed by atoms with Crippen LogP contribution in [0.25, 0.3) is 0 Å². The SMILES string of the molecule is CN1CCC[C@H](NC(=O)[C@H]2C[C@H]2c2ccc(Cl)cc2)C1. The van der Waals surface area contributed by atoms with Gasteiger partial charge < -0.3 is 10.2 Å². The minimum absolute atomic E-state index is 0.156. The van der Waals surface area contributed by atoms with Gasteiger partial charge in [-0.2, -0.15) is 0 Å². The van der Waals surface area contributed by atoms with Gasteiger partial charge in [-0.05, 0) is 56.5 Å². The van der Waals surface area contributed by atoms with E-state index in [-0.39, 0.29) is 11.8 Å². The highest BCUT2D eigenvalue weighted by Gasteiger charge is 2.44. The van der Waals surface area contributed by atoms with Crippen LogP contribution >= 0.6 is 11.6 Å². The maximum Gasteiger partial charge on any atom is 0.224 e. The molecule has 0 spiro atoms. The number of benzene rings is 1. The third kappa shape index (κ3) is 3.15. The topological polar surface area (TPSA) is 32.3 Å². The molecule has 1 aromatic carbocycles. The molecule has 4 heteroatoms. The van der Waals surface area contributed by atoms with Crippen LogP contribution in [-0.2, 0) is 4.79 Å². The molecule has 1 heterocycles. The van der Waals surface area contributed by atoms with E-state index in [0.717, 1.165) is 31.0 Å². The number of piperidine rings is 1. The number of carbonyl (C=O) groups is 1. The molecule has 1 aliphatic heterocycles. The molecule has 0 aromatic heterocycles. The zero-order valence-corrected chi connectivity index (χ0v) is 12.6. The van der Waals surface area contributed by atoms with Gasteiger partial charge in [-0.1, -0.05) is 23.7 Å². The Morgan fingerprint density at radius 2 is 2.10 bits per heavy atom. The first-order valence-electron chi connectivity index (χ1n) is 7.38. The van der Waals surface area contributed by atoms with Crippen LogP contribution in [0.5, 0.6) is 0 Å². The highest BCUT2D eigenvalue weighted by Crippen LogP contribution is 2.47. The van der Waals surface area contributed by atoms with Gasteiger partial charge in [0.2, 0.25) is 5.91 Å². The molecule has 108 valence electrons. The summed E-state index contributed by atoms with van der Waals surface area (Å²) >= 11 is 5.89. The molecular formula is C16H21ClN2O. The molecule has 0 radical (unpaired) electrons. The molecule has 0 unspecified atom stereocenters. The number of nitrogens with zero attached hydrogens (tertiary/aromatic N) is 1. The second-order valence-electron chi connectivity index (χ2n) is 6.11. The monoisotopic (exact) mass is 292 g/mol. The van der Waals surface area contributed by atoms with Crippen molar-refractivity contribution in [1.29, 1.82) is 0 Å². The first-order chi connectivity index (χ1) is 9.63. The summed E-state index contributed by atoms with van der Waals surface area (Å²) in [6.45, 7) is 2.12. The lowest BCUT2D eigenvalue weighted by molar-refractivity contribution is -0.123. The number of hydrogen-bond acceptors (Lipinski definition) is 2. The molecule has 3 nitrogen and oxygen atoms in total. The van der Waals surface area contributed by atoms with Crippen LogP contribution in [0, 0.1) is 5.92 Å². The maximum absolute atomic E-state index is 12.3. The summed E-state index contributed by atoms with van der Waals surface area (Å²) in [5.74, 6) is 0.766. The summed E-state index contributed by atoms with van der Waals surface area (Å²) in [4.78, 5) is 14.6. The van der Waals surface area contributed by atoms with Gasteiger partial charge >= 0.3 is 0 Å². The highest BCUT2D eigenvalue weighted by molar-refractivity contribution is 6.30. The maximum atomic E-state index is 12.3. The minimum Gasteiger partial charge on any atom is -0.352 e. The molecule has 1 saturated carbocycles. The van der Waals surface area contributed by atoms with Crippen molar-refractivity contribution in [2.75, 3.05) is 20.1 Å². The van der Waals surface area contributed by atoms with Crippen molar-refractivity contribution in [1.82, 2.24) is 10.2 Å². The smallest absolute Gasteiger partial charge is 0.224 e. The Morgan fingerprint density at radius 1 is 1.35 bits per heavy atom. The van der Waals surface area contributed by atoms with Gasteiger partial charge in [0.25, 0.3) is 0 Å². The van der Waals surface area contributed by atoms with Crippen molar-refractivity contribution in [3.8, 4) is 0 Å². The molecule has 1 amide bonds. The fourth-order valence-electron chi connectivity index (χ4n) is 3.16. The highest BCUT2D eigenvalue weighted by atomic mass is 35.5. The van der Waals surface area contributed by atoms with Gasteiger partial charge in [-0.15, -0.1) is 0 Å². The van der Waals surface area contributed by atoms with E-state index in [0.29, 0.717) is 12.0 Å². The van der Waals surface area contributed by atoms with E-state index in [2.05, 4.69) is 17.3 Å². The Balaban J connectivity index is 1.53. The number of amides is 1. The Bertz CT molecular complexity index is 488. The Morgan fingerprint density at radius 3 is 2.80 bits per heavy atom. The van der Waals surface area contributed by atoms with Gasteiger partial charge in [-0.3, -0.25) is 4.79 Å². The van der Waals surface area contributed by atoms with Crippen molar-refractivity contribution in [3.63, 3.8) is 0 Å². The van der Waals surface area contributed by atoms with Gasteiger partial charge in [0.1, 0.15) is 0 Å². The van der Waals surface area contributed by atoms with E-state index in [9.17, 15) is 4.79 Å².